The fourth-order valence-corrected chi connectivity index (χ4v) is 1.83. The maximum absolute atomic E-state index is 11.9. The van der Waals surface area contributed by atoms with E-state index in [0.717, 1.165) is 12.8 Å². The van der Waals surface area contributed by atoms with Crippen molar-refractivity contribution in [2.75, 3.05) is 18.9 Å². The molecule has 1 aliphatic carbocycles. The van der Waals surface area contributed by atoms with E-state index in [1.165, 1.54) is 0 Å². The van der Waals surface area contributed by atoms with Crippen molar-refractivity contribution in [3.8, 4) is 0 Å². The number of benzene rings is 1. The van der Waals surface area contributed by atoms with E-state index >= 15 is 0 Å². The number of carbonyl (C=O) groups is 1. The Morgan fingerprint density at radius 2 is 2.24 bits per heavy atom. The van der Waals surface area contributed by atoms with Crippen molar-refractivity contribution in [1.29, 1.82) is 0 Å². The monoisotopic (exact) mass is 254 g/mol. The molecule has 1 aliphatic rings. The van der Waals surface area contributed by atoms with Gasteiger partial charge in [0.2, 0.25) is 0 Å². The second-order valence-electron chi connectivity index (χ2n) is 4.57. The zero-order chi connectivity index (χ0) is 12.5. The van der Waals surface area contributed by atoms with Crippen LogP contribution < -0.4 is 11.1 Å². The molecular formula is C12H15ClN2O2. The average Bonchev–Trinajstić information content (AvgIpc) is 3.10. The van der Waals surface area contributed by atoms with Gasteiger partial charge in [-0.2, -0.15) is 0 Å². The highest BCUT2D eigenvalue weighted by atomic mass is 35.5. The van der Waals surface area contributed by atoms with E-state index in [1.54, 1.807) is 18.2 Å². The Kier molecular flexibility index (Phi) is 3.26. The smallest absolute Gasteiger partial charge is 0.253 e. The molecule has 0 spiro atoms. The van der Waals surface area contributed by atoms with Crippen LogP contribution in [0.25, 0.3) is 0 Å². The number of hydrogen-bond donors (Lipinski definition) is 3. The SMILES string of the molecule is Nc1ccc(Cl)cc1C(=O)NCC1(CO)CC1. The van der Waals surface area contributed by atoms with Gasteiger partial charge in [0.15, 0.2) is 0 Å². The summed E-state index contributed by atoms with van der Waals surface area (Å²) in [6, 6.07) is 4.80. The molecule has 0 atom stereocenters. The summed E-state index contributed by atoms with van der Waals surface area (Å²) in [6.45, 7) is 0.590. The van der Waals surface area contributed by atoms with Crippen LogP contribution in [-0.2, 0) is 0 Å². The predicted molar refractivity (Wildman–Crippen MR) is 67.0 cm³/mol. The van der Waals surface area contributed by atoms with Crippen LogP contribution in [-0.4, -0.2) is 24.2 Å². The molecule has 2 rings (SSSR count). The Labute approximate surface area is 105 Å². The minimum absolute atomic E-state index is 0.108. The lowest BCUT2D eigenvalue weighted by Gasteiger charge is -2.13. The molecule has 0 aliphatic heterocycles. The lowest BCUT2D eigenvalue weighted by atomic mass is 10.1. The minimum atomic E-state index is -0.246. The summed E-state index contributed by atoms with van der Waals surface area (Å²) < 4.78 is 0. The highest BCUT2D eigenvalue weighted by molar-refractivity contribution is 6.31. The predicted octanol–water partition coefficient (Wildman–Crippen LogP) is 1.42. The molecule has 5 heteroatoms. The molecular weight excluding hydrogens is 240 g/mol. The third kappa shape index (κ3) is 2.70. The first kappa shape index (κ1) is 12.2. The number of rotatable bonds is 4. The zero-order valence-electron chi connectivity index (χ0n) is 9.37. The number of aliphatic hydroxyl groups excluding tert-OH is 1. The Bertz CT molecular complexity index is 444. The van der Waals surface area contributed by atoms with Gasteiger partial charge in [-0.3, -0.25) is 4.79 Å². The number of nitrogens with one attached hydrogen (secondary N) is 1. The number of nitrogens with two attached hydrogens (primary N) is 1. The number of amides is 1. The van der Waals surface area contributed by atoms with Crippen molar-refractivity contribution in [1.82, 2.24) is 5.32 Å². The fourth-order valence-electron chi connectivity index (χ4n) is 1.66. The fraction of sp³-hybridized carbons (Fsp3) is 0.417. The first-order chi connectivity index (χ1) is 8.06. The molecule has 17 heavy (non-hydrogen) atoms. The molecule has 1 aromatic carbocycles. The average molecular weight is 255 g/mol. The summed E-state index contributed by atoms with van der Waals surface area (Å²) in [5.41, 5.74) is 6.39. The number of halogens is 1. The second kappa shape index (κ2) is 4.55. The Morgan fingerprint density at radius 3 is 2.82 bits per heavy atom. The molecule has 4 nitrogen and oxygen atoms in total. The van der Waals surface area contributed by atoms with Gasteiger partial charge in [0.1, 0.15) is 0 Å². The molecule has 1 aromatic rings. The standard InChI is InChI=1S/C12H15ClN2O2/c13-8-1-2-10(14)9(5-8)11(17)15-6-12(7-16)3-4-12/h1-2,5,16H,3-4,6-7,14H2,(H,15,17). The highest BCUT2D eigenvalue weighted by Crippen LogP contribution is 2.44. The number of anilines is 1. The van der Waals surface area contributed by atoms with Crippen molar-refractivity contribution in [3.63, 3.8) is 0 Å². The van der Waals surface area contributed by atoms with E-state index < -0.39 is 0 Å². The summed E-state index contributed by atoms with van der Waals surface area (Å²) in [4.78, 5) is 11.9. The largest absolute Gasteiger partial charge is 0.398 e. The molecule has 1 saturated carbocycles. The Morgan fingerprint density at radius 1 is 1.53 bits per heavy atom. The van der Waals surface area contributed by atoms with Crippen LogP contribution in [0.5, 0.6) is 0 Å². The summed E-state index contributed by atoms with van der Waals surface area (Å²) in [6.07, 6.45) is 1.91. The van der Waals surface area contributed by atoms with E-state index in [0.29, 0.717) is 22.8 Å². The summed E-state index contributed by atoms with van der Waals surface area (Å²) in [5.74, 6) is -0.246. The van der Waals surface area contributed by atoms with Crippen molar-refractivity contribution in [2.45, 2.75) is 12.8 Å². The van der Waals surface area contributed by atoms with Crippen LogP contribution in [0, 0.1) is 5.41 Å². The first-order valence-corrected chi connectivity index (χ1v) is 5.88. The van der Waals surface area contributed by atoms with E-state index in [-0.39, 0.29) is 17.9 Å². The van der Waals surface area contributed by atoms with E-state index in [9.17, 15) is 4.79 Å². The van der Waals surface area contributed by atoms with Crippen LogP contribution in [0.1, 0.15) is 23.2 Å². The Balaban J connectivity index is 2.02. The van der Waals surface area contributed by atoms with Gasteiger partial charge in [-0.1, -0.05) is 11.6 Å². The molecule has 0 aromatic heterocycles. The van der Waals surface area contributed by atoms with Crippen LogP contribution >= 0.6 is 11.6 Å². The maximum atomic E-state index is 11.9. The lowest BCUT2D eigenvalue weighted by molar-refractivity contribution is 0.0936. The van der Waals surface area contributed by atoms with Gasteiger partial charge in [0.05, 0.1) is 12.2 Å². The van der Waals surface area contributed by atoms with Gasteiger partial charge < -0.3 is 16.2 Å². The second-order valence-corrected chi connectivity index (χ2v) is 5.01. The van der Waals surface area contributed by atoms with Gasteiger partial charge in [-0.25, -0.2) is 0 Å². The number of carbonyl (C=O) groups excluding carboxylic acids is 1. The van der Waals surface area contributed by atoms with Gasteiger partial charge in [0.25, 0.3) is 5.91 Å². The lowest BCUT2D eigenvalue weighted by Crippen LogP contribution is -2.32. The molecule has 0 heterocycles. The quantitative estimate of drug-likeness (QED) is 0.712. The van der Waals surface area contributed by atoms with Gasteiger partial charge in [0, 0.05) is 22.7 Å². The van der Waals surface area contributed by atoms with E-state index in [1.807, 2.05) is 0 Å². The summed E-state index contributed by atoms with van der Waals surface area (Å²) >= 11 is 5.82. The van der Waals surface area contributed by atoms with Crippen LogP contribution in [0.4, 0.5) is 5.69 Å². The normalized spacial score (nSPS) is 16.6. The molecule has 0 unspecified atom stereocenters. The number of hydrogen-bond acceptors (Lipinski definition) is 3. The highest BCUT2D eigenvalue weighted by Gasteiger charge is 2.42. The van der Waals surface area contributed by atoms with Gasteiger partial charge >= 0.3 is 0 Å². The number of aliphatic hydroxyl groups is 1. The third-order valence-corrected chi connectivity index (χ3v) is 3.41. The van der Waals surface area contributed by atoms with Gasteiger partial charge in [-0.15, -0.1) is 0 Å². The summed E-state index contributed by atoms with van der Waals surface area (Å²) in [5, 5.41) is 12.4. The topological polar surface area (TPSA) is 75.4 Å². The first-order valence-electron chi connectivity index (χ1n) is 5.50. The number of nitrogen functional groups attached to an aromatic ring is 1. The van der Waals surface area contributed by atoms with Crippen molar-refractivity contribution < 1.29 is 9.90 Å². The molecule has 0 saturated heterocycles. The minimum Gasteiger partial charge on any atom is -0.398 e. The molecule has 0 bridgehead atoms. The van der Waals surface area contributed by atoms with Crippen molar-refractivity contribution in [2.24, 2.45) is 5.41 Å². The molecule has 0 radical (unpaired) electrons. The van der Waals surface area contributed by atoms with E-state index in [2.05, 4.69) is 5.32 Å². The van der Waals surface area contributed by atoms with Crippen molar-refractivity contribution >= 4 is 23.2 Å². The Hall–Kier alpha value is -1.26. The molecule has 1 amide bonds. The zero-order valence-corrected chi connectivity index (χ0v) is 10.1. The maximum Gasteiger partial charge on any atom is 0.253 e. The third-order valence-electron chi connectivity index (χ3n) is 3.18. The molecule has 92 valence electrons. The molecule has 4 N–H and O–H groups in total. The van der Waals surface area contributed by atoms with Crippen LogP contribution in [0.15, 0.2) is 18.2 Å². The van der Waals surface area contributed by atoms with Gasteiger partial charge in [-0.05, 0) is 31.0 Å². The van der Waals surface area contributed by atoms with Crippen LogP contribution in [0.3, 0.4) is 0 Å². The summed E-state index contributed by atoms with van der Waals surface area (Å²) in [7, 11) is 0. The molecule has 1 fully saturated rings. The van der Waals surface area contributed by atoms with Crippen LogP contribution in [0.2, 0.25) is 5.02 Å². The van der Waals surface area contributed by atoms with Crippen molar-refractivity contribution in [3.05, 3.63) is 28.8 Å². The van der Waals surface area contributed by atoms with E-state index in [4.69, 9.17) is 22.4 Å².